The normalized spacial score (nSPS) is 13.5. The molecule has 0 spiro atoms. The van der Waals surface area contributed by atoms with Crippen LogP contribution in [0.25, 0.3) is 43.9 Å². The van der Waals surface area contributed by atoms with E-state index in [2.05, 4.69) is 132 Å². The van der Waals surface area contributed by atoms with E-state index in [1.807, 2.05) is 24.3 Å². The number of para-hydroxylation sites is 1. The van der Waals surface area contributed by atoms with Crippen molar-refractivity contribution in [3.8, 4) is 39.4 Å². The van der Waals surface area contributed by atoms with E-state index < -0.39 is 5.41 Å². The van der Waals surface area contributed by atoms with Crippen LogP contribution in [-0.4, -0.2) is 20.1 Å². The minimum absolute atomic E-state index is 0. The molecule has 0 bridgehead atoms. The van der Waals surface area contributed by atoms with Gasteiger partial charge in [0.15, 0.2) is 0 Å². The summed E-state index contributed by atoms with van der Waals surface area (Å²) in [5.41, 5.74) is 12.5. The van der Waals surface area contributed by atoms with Crippen molar-refractivity contribution in [1.29, 1.82) is 0 Å². The second-order valence-electron chi connectivity index (χ2n) is 15.5. The standard InChI is InChI=1S/C45H40N3OS.Pt/c1-27-25-50-42-40(27)41(46-26-47-42)28-12-10-13-31(22-28)45(39-17-11-15-37(48-39)34-14-8-9-16-38(34)49)35-23-29(43(2,3)4)18-20-32(35)33-21-19-30(24-36(33)45)44(5,6)7;/h8-21,23-26,49H,1-7H3;/q-1;. The van der Waals surface area contributed by atoms with Crippen molar-refractivity contribution < 1.29 is 26.2 Å². The van der Waals surface area contributed by atoms with E-state index in [9.17, 15) is 5.11 Å². The summed E-state index contributed by atoms with van der Waals surface area (Å²) in [5, 5.41) is 14.2. The maximum Gasteiger partial charge on any atom is 0.124 e. The van der Waals surface area contributed by atoms with Gasteiger partial charge in [0.1, 0.15) is 16.9 Å². The zero-order valence-corrected chi connectivity index (χ0v) is 33.0. The van der Waals surface area contributed by atoms with Gasteiger partial charge in [0, 0.05) is 32.3 Å². The Morgan fingerprint density at radius 1 is 0.706 bits per heavy atom. The molecule has 3 heterocycles. The molecule has 0 unspecified atom stereocenters. The summed E-state index contributed by atoms with van der Waals surface area (Å²) in [4.78, 5) is 15.9. The van der Waals surface area contributed by atoms with E-state index in [0.717, 1.165) is 44.0 Å². The molecule has 1 aliphatic rings. The molecule has 0 atom stereocenters. The number of aromatic hydroxyl groups is 1. The van der Waals surface area contributed by atoms with Crippen molar-refractivity contribution in [1.82, 2.24) is 15.0 Å². The Morgan fingerprint density at radius 3 is 2.00 bits per heavy atom. The van der Waals surface area contributed by atoms with Crippen LogP contribution in [0.1, 0.15) is 80.6 Å². The molecule has 0 radical (unpaired) electrons. The predicted molar refractivity (Wildman–Crippen MR) is 206 cm³/mol. The third-order valence-corrected chi connectivity index (χ3v) is 11.2. The van der Waals surface area contributed by atoms with Gasteiger partial charge in [0.05, 0.1) is 16.8 Å². The summed E-state index contributed by atoms with van der Waals surface area (Å²) in [6, 6.07) is 37.9. The van der Waals surface area contributed by atoms with Crippen LogP contribution < -0.4 is 0 Å². The van der Waals surface area contributed by atoms with Gasteiger partial charge in [-0.15, -0.1) is 46.7 Å². The van der Waals surface area contributed by atoms with E-state index in [1.54, 1.807) is 23.7 Å². The van der Waals surface area contributed by atoms with Crippen molar-refractivity contribution in [2.24, 2.45) is 0 Å². The number of rotatable bonds is 4. The average Bonchev–Trinajstić information content (AvgIpc) is 3.63. The summed E-state index contributed by atoms with van der Waals surface area (Å²) in [5.74, 6) is 0.205. The first kappa shape index (κ1) is 35.0. The fourth-order valence-electron chi connectivity index (χ4n) is 7.49. The number of benzene rings is 4. The number of hydrogen-bond acceptors (Lipinski definition) is 5. The molecule has 0 fully saturated rings. The molecule has 0 saturated carbocycles. The number of thiophene rings is 1. The largest absolute Gasteiger partial charge is 0.507 e. The Kier molecular flexibility index (Phi) is 8.68. The van der Waals surface area contributed by atoms with Crippen molar-refractivity contribution in [3.63, 3.8) is 0 Å². The van der Waals surface area contributed by atoms with Crippen LogP contribution in [0, 0.1) is 13.0 Å². The van der Waals surface area contributed by atoms with E-state index >= 15 is 0 Å². The van der Waals surface area contributed by atoms with Crippen molar-refractivity contribution in [2.75, 3.05) is 0 Å². The fourth-order valence-corrected chi connectivity index (χ4v) is 8.38. The molecule has 7 aromatic rings. The Morgan fingerprint density at radius 2 is 1.35 bits per heavy atom. The second kappa shape index (κ2) is 12.7. The average molecular weight is 866 g/mol. The fraction of sp³-hybridized carbons (Fsp3) is 0.222. The number of fused-ring (bicyclic) bond motifs is 4. The minimum atomic E-state index is -0.820. The Balaban J connectivity index is 0.00000406. The number of aromatic nitrogens is 3. The SMILES string of the molecule is Cc1csc2ncnc(-c3[c-]c(C4(c5cccc(-c6ccccc6O)n5)c5cc(C(C)(C)C)ccc5-c5ccc(C(C)(C)C)cc54)ccc3)c12.[Pt]. The molecule has 4 nitrogen and oxygen atoms in total. The Labute approximate surface area is 319 Å². The van der Waals surface area contributed by atoms with Gasteiger partial charge in [-0.1, -0.05) is 96.1 Å². The van der Waals surface area contributed by atoms with Crippen molar-refractivity contribution in [3.05, 3.63) is 154 Å². The smallest absolute Gasteiger partial charge is 0.124 e. The first-order valence-electron chi connectivity index (χ1n) is 17.2. The molecule has 258 valence electrons. The molecule has 1 N–H and O–H groups in total. The van der Waals surface area contributed by atoms with Crippen molar-refractivity contribution >= 4 is 21.6 Å². The van der Waals surface area contributed by atoms with Gasteiger partial charge in [-0.05, 0) is 91.7 Å². The Bertz CT molecular complexity index is 2390. The first-order chi connectivity index (χ1) is 23.9. The quantitative estimate of drug-likeness (QED) is 0.179. The van der Waals surface area contributed by atoms with Crippen LogP contribution in [0.5, 0.6) is 5.75 Å². The van der Waals surface area contributed by atoms with Crippen LogP contribution in [0.15, 0.2) is 109 Å². The molecular formula is C45H40N3OPtS-. The number of aryl methyl sites for hydroxylation is 1. The minimum Gasteiger partial charge on any atom is -0.507 e. The van der Waals surface area contributed by atoms with Crippen LogP contribution in [-0.2, 0) is 37.3 Å². The molecule has 0 amide bonds. The Hall–Kier alpha value is -4.44. The summed E-state index contributed by atoms with van der Waals surface area (Å²) in [7, 11) is 0. The van der Waals surface area contributed by atoms with E-state index in [-0.39, 0.29) is 37.6 Å². The molecule has 3 aromatic heterocycles. The molecule has 6 heteroatoms. The molecule has 51 heavy (non-hydrogen) atoms. The van der Waals surface area contributed by atoms with E-state index in [1.165, 1.54) is 33.4 Å². The molecular weight excluding hydrogens is 826 g/mol. The molecule has 1 aliphatic carbocycles. The van der Waals surface area contributed by atoms with Gasteiger partial charge in [-0.25, -0.2) is 4.98 Å². The van der Waals surface area contributed by atoms with Crippen LogP contribution in [0.2, 0.25) is 0 Å². The monoisotopic (exact) mass is 865 g/mol. The predicted octanol–water partition coefficient (Wildman–Crippen LogP) is 11.2. The van der Waals surface area contributed by atoms with Gasteiger partial charge in [-0.2, -0.15) is 0 Å². The van der Waals surface area contributed by atoms with Crippen LogP contribution >= 0.6 is 11.3 Å². The van der Waals surface area contributed by atoms with Gasteiger partial charge in [-0.3, -0.25) is 9.97 Å². The second-order valence-corrected chi connectivity index (χ2v) is 16.4. The summed E-state index contributed by atoms with van der Waals surface area (Å²) >= 11 is 1.64. The maximum atomic E-state index is 11.0. The number of nitrogens with zero attached hydrogens (tertiary/aromatic N) is 3. The molecule has 0 aliphatic heterocycles. The third kappa shape index (κ3) is 5.66. The van der Waals surface area contributed by atoms with Crippen LogP contribution in [0.4, 0.5) is 0 Å². The third-order valence-electron chi connectivity index (χ3n) is 10.2. The summed E-state index contributed by atoms with van der Waals surface area (Å²) in [6.07, 6.45) is 1.66. The molecule has 4 aromatic carbocycles. The van der Waals surface area contributed by atoms with Gasteiger partial charge < -0.3 is 5.11 Å². The van der Waals surface area contributed by atoms with Gasteiger partial charge in [0.25, 0.3) is 0 Å². The first-order valence-corrected chi connectivity index (χ1v) is 18.0. The molecule has 8 rings (SSSR count). The maximum absolute atomic E-state index is 11.0. The zero-order chi connectivity index (χ0) is 35.0. The van der Waals surface area contributed by atoms with Crippen LogP contribution in [0.3, 0.4) is 0 Å². The summed E-state index contributed by atoms with van der Waals surface area (Å²) in [6.45, 7) is 15.7. The number of pyridine rings is 1. The molecule has 0 saturated heterocycles. The zero-order valence-electron chi connectivity index (χ0n) is 29.9. The van der Waals surface area contributed by atoms with Crippen molar-refractivity contribution in [2.45, 2.75) is 64.7 Å². The number of phenols is 1. The summed E-state index contributed by atoms with van der Waals surface area (Å²) < 4.78 is 0. The number of hydrogen-bond donors (Lipinski definition) is 1. The van der Waals surface area contributed by atoms with Gasteiger partial charge >= 0.3 is 0 Å². The van der Waals surface area contributed by atoms with Gasteiger partial charge in [0.2, 0.25) is 0 Å². The van der Waals surface area contributed by atoms with E-state index in [0.29, 0.717) is 5.56 Å². The number of phenolic OH excluding ortho intramolecular Hbond substituents is 1. The van der Waals surface area contributed by atoms with E-state index in [4.69, 9.17) is 9.97 Å². The topological polar surface area (TPSA) is 58.9 Å².